The van der Waals surface area contributed by atoms with Crippen LogP contribution >= 0.6 is 0 Å². The fourth-order valence-electron chi connectivity index (χ4n) is 5.09. The minimum Gasteiger partial charge on any atom is -0.272 e. The van der Waals surface area contributed by atoms with Gasteiger partial charge in [0.2, 0.25) is 5.91 Å². The third kappa shape index (κ3) is 4.11. The van der Waals surface area contributed by atoms with Gasteiger partial charge in [-0.3, -0.25) is 9.63 Å². The summed E-state index contributed by atoms with van der Waals surface area (Å²) in [5, 5.41) is 15.1. The monoisotopic (exact) mass is 429 g/mol. The summed E-state index contributed by atoms with van der Waals surface area (Å²) in [4.78, 5) is 23.5. The van der Waals surface area contributed by atoms with E-state index < -0.39 is 0 Å². The van der Waals surface area contributed by atoms with E-state index in [0.717, 1.165) is 55.6 Å². The third-order valence-corrected chi connectivity index (χ3v) is 6.75. The molecule has 0 N–H and O–H groups in total. The minimum absolute atomic E-state index is 0.00706. The second-order valence-electron chi connectivity index (χ2n) is 8.96. The summed E-state index contributed by atoms with van der Waals surface area (Å²) in [5.74, 6) is 1.46. The van der Waals surface area contributed by atoms with Crippen molar-refractivity contribution in [3.8, 4) is 6.07 Å². The highest BCUT2D eigenvalue weighted by atomic mass is 16.7. The summed E-state index contributed by atoms with van der Waals surface area (Å²) in [6.07, 6.45) is 7.60. The molecule has 32 heavy (non-hydrogen) atoms. The van der Waals surface area contributed by atoms with Gasteiger partial charge in [-0.2, -0.15) is 10.4 Å². The lowest BCUT2D eigenvalue weighted by atomic mass is 9.79. The predicted molar refractivity (Wildman–Crippen MR) is 118 cm³/mol. The van der Waals surface area contributed by atoms with E-state index in [1.807, 2.05) is 35.8 Å². The van der Waals surface area contributed by atoms with Crippen LogP contribution in [0.2, 0.25) is 0 Å². The van der Waals surface area contributed by atoms with Crippen LogP contribution in [-0.2, 0) is 16.1 Å². The number of rotatable bonds is 4. The molecule has 1 aliphatic heterocycles. The van der Waals surface area contributed by atoms with Crippen LogP contribution in [0.25, 0.3) is 5.65 Å². The van der Waals surface area contributed by atoms with Crippen LogP contribution in [0.1, 0.15) is 60.7 Å². The molecule has 0 bridgehead atoms. The first-order valence-corrected chi connectivity index (χ1v) is 11.4. The zero-order chi connectivity index (χ0) is 22.1. The quantitative estimate of drug-likeness (QED) is 0.622. The number of nitrogens with zero attached hydrogens (tertiary/aromatic N) is 5. The van der Waals surface area contributed by atoms with Crippen molar-refractivity contribution in [2.45, 2.75) is 51.5 Å². The Morgan fingerprint density at radius 1 is 1.19 bits per heavy atom. The van der Waals surface area contributed by atoms with Crippen molar-refractivity contribution in [3.05, 3.63) is 65.1 Å². The lowest BCUT2D eigenvalue weighted by Gasteiger charge is -2.32. The summed E-state index contributed by atoms with van der Waals surface area (Å²) >= 11 is 0. The highest BCUT2D eigenvalue weighted by Crippen LogP contribution is 2.37. The summed E-state index contributed by atoms with van der Waals surface area (Å²) in [6, 6.07) is 13.8. The average molecular weight is 430 g/mol. The first-order valence-electron chi connectivity index (χ1n) is 11.4. The van der Waals surface area contributed by atoms with Crippen molar-refractivity contribution in [3.63, 3.8) is 0 Å². The second-order valence-corrected chi connectivity index (χ2v) is 8.96. The molecular weight excluding hydrogens is 402 g/mol. The maximum absolute atomic E-state index is 13.3. The van der Waals surface area contributed by atoms with Crippen LogP contribution in [0.3, 0.4) is 0 Å². The Hall–Kier alpha value is -3.24. The van der Waals surface area contributed by atoms with Gasteiger partial charge in [0, 0.05) is 18.5 Å². The molecule has 2 aromatic heterocycles. The molecule has 1 saturated heterocycles. The molecule has 3 aromatic rings. The third-order valence-electron chi connectivity index (χ3n) is 6.75. The van der Waals surface area contributed by atoms with Gasteiger partial charge in [-0.15, -0.1) is 0 Å². The van der Waals surface area contributed by atoms with Crippen molar-refractivity contribution in [2.24, 2.45) is 11.8 Å². The van der Waals surface area contributed by atoms with E-state index in [1.54, 1.807) is 11.1 Å². The summed E-state index contributed by atoms with van der Waals surface area (Å²) in [7, 11) is 0. The van der Waals surface area contributed by atoms with Gasteiger partial charge in [0.25, 0.3) is 0 Å². The maximum Gasteiger partial charge on any atom is 0.249 e. The molecule has 0 radical (unpaired) electrons. The first-order chi connectivity index (χ1) is 15.6. The molecule has 1 saturated carbocycles. The van der Waals surface area contributed by atoms with E-state index in [9.17, 15) is 10.1 Å². The van der Waals surface area contributed by atoms with Gasteiger partial charge >= 0.3 is 0 Å². The molecule has 1 amide bonds. The number of pyridine rings is 1. The van der Waals surface area contributed by atoms with E-state index in [-0.39, 0.29) is 17.9 Å². The largest absolute Gasteiger partial charge is 0.272 e. The molecule has 2 fully saturated rings. The second kappa shape index (κ2) is 8.71. The molecule has 3 heterocycles. The number of nitriles is 1. The van der Waals surface area contributed by atoms with Gasteiger partial charge in [0.1, 0.15) is 5.82 Å². The average Bonchev–Trinajstić information content (AvgIpc) is 3.45. The highest BCUT2D eigenvalue weighted by molar-refractivity contribution is 5.78. The molecule has 2 aliphatic rings. The first kappa shape index (κ1) is 20.7. The molecule has 7 heteroatoms. The Kier molecular flexibility index (Phi) is 5.62. The summed E-state index contributed by atoms with van der Waals surface area (Å²) in [6.45, 7) is 2.44. The van der Waals surface area contributed by atoms with Crippen molar-refractivity contribution < 1.29 is 9.63 Å². The van der Waals surface area contributed by atoms with Gasteiger partial charge in [0.15, 0.2) is 5.65 Å². The van der Waals surface area contributed by atoms with E-state index in [1.165, 1.54) is 5.56 Å². The smallest absolute Gasteiger partial charge is 0.249 e. The number of fused-ring (bicyclic) bond motifs is 1. The zero-order valence-electron chi connectivity index (χ0n) is 18.3. The van der Waals surface area contributed by atoms with Gasteiger partial charge in [-0.05, 0) is 80.3 Å². The van der Waals surface area contributed by atoms with Gasteiger partial charge in [0.05, 0.1) is 24.3 Å². The fourth-order valence-corrected chi connectivity index (χ4v) is 5.09. The zero-order valence-corrected chi connectivity index (χ0v) is 18.3. The standard InChI is InChI=1S/C25H27N5O2/c1-17-27-24-15-19(9-11-29(24)28-17)13-18-5-7-21(8-6-18)25(31)30-23(10-12-32-30)22-4-2-3-20(14-22)16-26/h2-4,9,11,14-15,18,21,23H,5-8,10,12-13H2,1H3/t18?,21?,23-/m0/s1. The van der Waals surface area contributed by atoms with Crippen LogP contribution in [0.4, 0.5) is 0 Å². The van der Waals surface area contributed by atoms with Gasteiger partial charge in [-0.1, -0.05) is 12.1 Å². The van der Waals surface area contributed by atoms with Crippen LogP contribution in [0.15, 0.2) is 42.6 Å². The molecule has 5 rings (SSSR count). The SMILES string of the molecule is Cc1nc2cc(CC3CCC(C(=O)N4OCC[C@H]4c4cccc(C#N)c4)CC3)ccn2n1. The molecule has 0 spiro atoms. The van der Waals surface area contributed by atoms with Gasteiger partial charge in [-0.25, -0.2) is 14.6 Å². The molecule has 1 atom stereocenters. The molecule has 0 unspecified atom stereocenters. The molecule has 164 valence electrons. The normalized spacial score (nSPS) is 23.4. The number of carbonyl (C=O) groups excluding carboxylic acids is 1. The number of aryl methyl sites for hydroxylation is 1. The van der Waals surface area contributed by atoms with Crippen molar-refractivity contribution >= 4 is 11.6 Å². The Morgan fingerprint density at radius 2 is 2.03 bits per heavy atom. The highest BCUT2D eigenvalue weighted by Gasteiger charge is 2.37. The lowest BCUT2D eigenvalue weighted by molar-refractivity contribution is -0.183. The number of hydroxylamine groups is 2. The number of hydrogen-bond acceptors (Lipinski definition) is 5. The predicted octanol–water partition coefficient (Wildman–Crippen LogP) is 4.16. The summed E-state index contributed by atoms with van der Waals surface area (Å²) in [5.41, 5.74) is 3.76. The molecule has 1 aliphatic carbocycles. The van der Waals surface area contributed by atoms with E-state index in [0.29, 0.717) is 18.1 Å². The molecule has 1 aromatic carbocycles. The lowest BCUT2D eigenvalue weighted by Crippen LogP contribution is -2.36. The topological polar surface area (TPSA) is 83.5 Å². The minimum atomic E-state index is -0.105. The van der Waals surface area contributed by atoms with Crippen molar-refractivity contribution in [2.75, 3.05) is 6.61 Å². The van der Waals surface area contributed by atoms with Crippen molar-refractivity contribution in [1.82, 2.24) is 19.7 Å². The van der Waals surface area contributed by atoms with Crippen LogP contribution in [0.5, 0.6) is 0 Å². The number of carbonyl (C=O) groups is 1. The number of hydrogen-bond donors (Lipinski definition) is 0. The van der Waals surface area contributed by atoms with Gasteiger partial charge < -0.3 is 0 Å². The Morgan fingerprint density at radius 3 is 2.84 bits per heavy atom. The fraction of sp³-hybridized carbons (Fsp3) is 0.440. The van der Waals surface area contributed by atoms with Crippen LogP contribution in [0, 0.1) is 30.1 Å². The Bertz CT molecular complexity index is 1170. The van der Waals surface area contributed by atoms with E-state index in [4.69, 9.17) is 4.84 Å². The number of aromatic nitrogens is 3. The van der Waals surface area contributed by atoms with Crippen LogP contribution < -0.4 is 0 Å². The Labute approximate surface area is 187 Å². The van der Waals surface area contributed by atoms with E-state index >= 15 is 0 Å². The molecule has 7 nitrogen and oxygen atoms in total. The van der Waals surface area contributed by atoms with Crippen LogP contribution in [-0.4, -0.2) is 32.2 Å². The summed E-state index contributed by atoms with van der Waals surface area (Å²) < 4.78 is 1.81. The number of amides is 1. The van der Waals surface area contributed by atoms with Crippen molar-refractivity contribution in [1.29, 1.82) is 5.26 Å². The Balaban J connectivity index is 1.20. The maximum atomic E-state index is 13.3. The van der Waals surface area contributed by atoms with E-state index in [2.05, 4.69) is 28.3 Å². The molecular formula is C25H27N5O2. The number of benzene rings is 1.